The van der Waals surface area contributed by atoms with E-state index < -0.39 is 0 Å². The maximum atomic E-state index is 12.6. The molecule has 3 rings (SSSR count). The molecule has 0 radical (unpaired) electrons. The van der Waals surface area contributed by atoms with Crippen LogP contribution in [-0.4, -0.2) is 29.3 Å². The average molecular weight is 256 g/mol. The number of alkyl halides is 1. The second-order valence-corrected chi connectivity index (χ2v) is 6.32. The average Bonchev–Trinajstić information content (AvgIpc) is 2.99. The summed E-state index contributed by atoms with van der Waals surface area (Å²) in [7, 11) is 0. The molecule has 0 bridgehead atoms. The van der Waals surface area contributed by atoms with Crippen molar-refractivity contribution in [3.8, 4) is 0 Å². The number of carbonyl (C=O) groups is 1. The third-order valence-electron chi connectivity index (χ3n) is 5.07. The quantitative estimate of drug-likeness (QED) is 0.707. The van der Waals surface area contributed by atoms with Gasteiger partial charge in [-0.3, -0.25) is 4.79 Å². The summed E-state index contributed by atoms with van der Waals surface area (Å²) in [5.41, 5.74) is 0. The van der Waals surface area contributed by atoms with Gasteiger partial charge in [-0.15, -0.1) is 11.6 Å². The minimum Gasteiger partial charge on any atom is -0.338 e. The number of nitrogens with zero attached hydrogens (tertiary/aromatic N) is 1. The summed E-state index contributed by atoms with van der Waals surface area (Å²) in [6.45, 7) is 0.765. The summed E-state index contributed by atoms with van der Waals surface area (Å²) in [5.74, 6) is 2.86. The molecule has 0 saturated heterocycles. The van der Waals surface area contributed by atoms with Crippen molar-refractivity contribution < 1.29 is 4.79 Å². The van der Waals surface area contributed by atoms with Crippen molar-refractivity contribution in [2.75, 3.05) is 12.4 Å². The Labute approximate surface area is 109 Å². The van der Waals surface area contributed by atoms with Crippen molar-refractivity contribution >= 4 is 17.5 Å². The van der Waals surface area contributed by atoms with Gasteiger partial charge in [0.1, 0.15) is 0 Å². The van der Waals surface area contributed by atoms with Crippen molar-refractivity contribution in [3.63, 3.8) is 0 Å². The van der Waals surface area contributed by atoms with E-state index in [0.717, 1.165) is 18.4 Å². The number of fused-ring (bicyclic) bond motifs is 1. The first-order valence-electron chi connectivity index (χ1n) is 7.19. The van der Waals surface area contributed by atoms with E-state index >= 15 is 0 Å². The van der Waals surface area contributed by atoms with Gasteiger partial charge in [-0.25, -0.2) is 0 Å². The number of amides is 1. The summed E-state index contributed by atoms with van der Waals surface area (Å²) < 4.78 is 0. The van der Waals surface area contributed by atoms with Crippen LogP contribution in [-0.2, 0) is 4.79 Å². The lowest BCUT2D eigenvalue weighted by molar-refractivity contribution is -0.137. The van der Waals surface area contributed by atoms with Crippen molar-refractivity contribution in [3.05, 3.63) is 0 Å². The predicted molar refractivity (Wildman–Crippen MR) is 69.0 cm³/mol. The molecular formula is C14H22ClNO. The van der Waals surface area contributed by atoms with Gasteiger partial charge in [0.25, 0.3) is 0 Å². The molecule has 1 amide bonds. The molecule has 0 aliphatic heterocycles. The van der Waals surface area contributed by atoms with Crippen molar-refractivity contribution in [1.29, 1.82) is 0 Å². The highest BCUT2D eigenvalue weighted by atomic mass is 35.5. The second-order valence-electron chi connectivity index (χ2n) is 5.94. The number of carbonyl (C=O) groups excluding carboxylic acids is 1. The van der Waals surface area contributed by atoms with Crippen LogP contribution in [0.25, 0.3) is 0 Å². The van der Waals surface area contributed by atoms with Crippen molar-refractivity contribution in [1.82, 2.24) is 4.90 Å². The van der Waals surface area contributed by atoms with E-state index in [-0.39, 0.29) is 0 Å². The van der Waals surface area contributed by atoms with Crippen molar-refractivity contribution in [2.45, 2.75) is 51.0 Å². The fraction of sp³-hybridized carbons (Fsp3) is 0.929. The van der Waals surface area contributed by atoms with Crippen LogP contribution in [0.3, 0.4) is 0 Å². The smallest absolute Gasteiger partial charge is 0.226 e. The van der Waals surface area contributed by atoms with E-state index in [0.29, 0.717) is 23.7 Å². The zero-order valence-corrected chi connectivity index (χ0v) is 11.2. The lowest BCUT2D eigenvalue weighted by atomic mass is 9.91. The van der Waals surface area contributed by atoms with E-state index in [2.05, 4.69) is 4.90 Å². The van der Waals surface area contributed by atoms with Gasteiger partial charge >= 0.3 is 0 Å². The maximum Gasteiger partial charge on any atom is 0.226 e. The Morgan fingerprint density at radius 3 is 2.18 bits per heavy atom. The SMILES string of the molecule is O=C(C1C2CCCCC21)N(CCCl)C1CCC1. The van der Waals surface area contributed by atoms with E-state index in [9.17, 15) is 4.79 Å². The van der Waals surface area contributed by atoms with E-state index in [1.54, 1.807) is 0 Å². The van der Waals surface area contributed by atoms with Crippen LogP contribution in [0.1, 0.15) is 44.9 Å². The molecule has 17 heavy (non-hydrogen) atoms. The largest absolute Gasteiger partial charge is 0.338 e. The van der Waals surface area contributed by atoms with E-state index in [4.69, 9.17) is 11.6 Å². The Balaban J connectivity index is 1.63. The van der Waals surface area contributed by atoms with Gasteiger partial charge in [0, 0.05) is 24.4 Å². The highest BCUT2D eigenvalue weighted by molar-refractivity contribution is 6.18. The normalized spacial score (nSPS) is 35.9. The molecule has 3 heteroatoms. The summed E-state index contributed by atoms with van der Waals surface area (Å²) in [6, 6.07) is 0.518. The minimum atomic E-state index is 0.376. The van der Waals surface area contributed by atoms with Gasteiger partial charge in [-0.05, 0) is 43.9 Å². The third-order valence-corrected chi connectivity index (χ3v) is 5.23. The number of hydrogen-bond donors (Lipinski definition) is 0. The molecule has 3 aliphatic carbocycles. The van der Waals surface area contributed by atoms with Gasteiger partial charge < -0.3 is 4.90 Å². The van der Waals surface area contributed by atoms with E-state index in [1.165, 1.54) is 44.9 Å². The molecule has 2 nitrogen and oxygen atoms in total. The monoisotopic (exact) mass is 255 g/mol. The number of halogens is 1. The summed E-state index contributed by atoms with van der Waals surface area (Å²) >= 11 is 5.85. The predicted octanol–water partition coefficient (Wildman–Crippen LogP) is 3.04. The maximum absolute atomic E-state index is 12.6. The first kappa shape index (κ1) is 11.8. The topological polar surface area (TPSA) is 20.3 Å². The van der Waals surface area contributed by atoms with Gasteiger partial charge in [0.05, 0.1) is 0 Å². The van der Waals surface area contributed by atoms with Crippen LogP contribution in [0.4, 0.5) is 0 Å². The van der Waals surface area contributed by atoms with Crippen LogP contribution in [0.5, 0.6) is 0 Å². The molecule has 96 valence electrons. The van der Waals surface area contributed by atoms with Gasteiger partial charge in [0.2, 0.25) is 5.91 Å². The molecular weight excluding hydrogens is 234 g/mol. The molecule has 0 aromatic rings. The molecule has 0 aromatic heterocycles. The van der Waals surface area contributed by atoms with E-state index in [1.807, 2.05) is 0 Å². The lowest BCUT2D eigenvalue weighted by Crippen LogP contribution is -2.46. The number of rotatable bonds is 4. The lowest BCUT2D eigenvalue weighted by Gasteiger charge is -2.37. The Kier molecular flexibility index (Phi) is 3.34. The second kappa shape index (κ2) is 4.79. The molecule has 0 N–H and O–H groups in total. The van der Waals surface area contributed by atoms with Gasteiger partial charge in [0.15, 0.2) is 0 Å². The fourth-order valence-corrected chi connectivity index (χ4v) is 3.99. The number of hydrogen-bond acceptors (Lipinski definition) is 1. The molecule has 3 saturated carbocycles. The molecule has 3 fully saturated rings. The Hall–Kier alpha value is -0.240. The van der Waals surface area contributed by atoms with Gasteiger partial charge in [-0.1, -0.05) is 12.8 Å². The zero-order chi connectivity index (χ0) is 11.8. The standard InChI is InChI=1S/C14H22ClNO/c15-8-9-16(10-4-3-5-10)14(17)13-11-6-1-2-7-12(11)13/h10-13H,1-9H2. The third kappa shape index (κ3) is 2.09. The fourth-order valence-electron chi connectivity index (χ4n) is 3.81. The molecule has 0 spiro atoms. The van der Waals surface area contributed by atoms with Crippen LogP contribution in [0, 0.1) is 17.8 Å². The summed E-state index contributed by atoms with van der Waals surface area (Å²) in [4.78, 5) is 14.7. The van der Waals surface area contributed by atoms with Crippen LogP contribution >= 0.6 is 11.6 Å². The first-order chi connectivity index (χ1) is 8.33. The van der Waals surface area contributed by atoms with Crippen LogP contribution in [0.2, 0.25) is 0 Å². The van der Waals surface area contributed by atoms with Crippen LogP contribution < -0.4 is 0 Å². The Morgan fingerprint density at radius 1 is 1.06 bits per heavy atom. The zero-order valence-electron chi connectivity index (χ0n) is 10.4. The van der Waals surface area contributed by atoms with Gasteiger partial charge in [-0.2, -0.15) is 0 Å². The summed E-state index contributed by atoms with van der Waals surface area (Å²) in [5, 5.41) is 0. The molecule has 0 aromatic carbocycles. The highest BCUT2D eigenvalue weighted by Crippen LogP contribution is 2.56. The minimum absolute atomic E-state index is 0.376. The Morgan fingerprint density at radius 2 is 1.71 bits per heavy atom. The molecule has 0 heterocycles. The Bertz CT molecular complexity index is 291. The highest BCUT2D eigenvalue weighted by Gasteiger charge is 2.56. The molecule has 2 unspecified atom stereocenters. The van der Waals surface area contributed by atoms with Crippen LogP contribution in [0.15, 0.2) is 0 Å². The van der Waals surface area contributed by atoms with Crippen molar-refractivity contribution in [2.24, 2.45) is 17.8 Å². The molecule has 2 atom stereocenters. The summed E-state index contributed by atoms with van der Waals surface area (Å²) in [6.07, 6.45) is 8.94. The first-order valence-corrected chi connectivity index (χ1v) is 7.73. The molecule has 3 aliphatic rings.